The number of carbonyl (C=O) groups is 1. The van der Waals surface area contributed by atoms with Crippen molar-refractivity contribution in [1.82, 2.24) is 20.1 Å². The van der Waals surface area contributed by atoms with Crippen molar-refractivity contribution in [3.8, 4) is 16.9 Å². The lowest BCUT2D eigenvalue weighted by Gasteiger charge is -2.13. The van der Waals surface area contributed by atoms with E-state index in [2.05, 4.69) is 15.4 Å². The zero-order chi connectivity index (χ0) is 22.0. The van der Waals surface area contributed by atoms with Gasteiger partial charge in [0, 0.05) is 10.9 Å². The Morgan fingerprint density at radius 1 is 1.06 bits per heavy atom. The Kier molecular flexibility index (Phi) is 5.55. The fourth-order valence-electron chi connectivity index (χ4n) is 2.98. The molecule has 158 valence electrons. The topological polar surface area (TPSA) is 59.8 Å². The van der Waals surface area contributed by atoms with Gasteiger partial charge in [0.05, 0.1) is 24.0 Å². The summed E-state index contributed by atoms with van der Waals surface area (Å²) in [5.74, 6) is -1.87. The molecule has 1 N–H and O–H groups in total. The van der Waals surface area contributed by atoms with Crippen molar-refractivity contribution in [2.75, 3.05) is 0 Å². The van der Waals surface area contributed by atoms with E-state index in [1.54, 1.807) is 5.38 Å². The molecule has 2 aromatic heterocycles. The molecule has 0 saturated carbocycles. The third-order valence-corrected chi connectivity index (χ3v) is 5.23. The van der Waals surface area contributed by atoms with Gasteiger partial charge in [0.1, 0.15) is 16.5 Å². The maximum Gasteiger partial charge on any atom is 0.434 e. The van der Waals surface area contributed by atoms with Gasteiger partial charge in [-0.2, -0.15) is 18.3 Å². The number of halogens is 4. The van der Waals surface area contributed by atoms with Gasteiger partial charge in [-0.05, 0) is 12.1 Å². The van der Waals surface area contributed by atoms with E-state index in [9.17, 15) is 22.4 Å². The normalized spacial score (nSPS) is 11.5. The second-order valence-electron chi connectivity index (χ2n) is 6.44. The number of carbonyl (C=O) groups excluding carboxylic acids is 1. The average molecular weight is 446 g/mol. The summed E-state index contributed by atoms with van der Waals surface area (Å²) in [6.07, 6.45) is -4.14. The molecule has 0 bridgehead atoms. The predicted octanol–water partition coefficient (Wildman–Crippen LogP) is 5.08. The highest BCUT2D eigenvalue weighted by atomic mass is 32.1. The number of amides is 1. The first-order valence-corrected chi connectivity index (χ1v) is 9.90. The van der Waals surface area contributed by atoms with Crippen molar-refractivity contribution in [3.63, 3.8) is 0 Å². The molecule has 2 heterocycles. The average Bonchev–Trinajstić information content (AvgIpc) is 3.40. The maximum absolute atomic E-state index is 14.0. The number of thiazole rings is 1. The standard InChI is InChI=1S/C21H14F4N4OS/c22-15-8-4-5-9-17(15)29-19(21(23,24)25)14(10-27-29)20(30)26-11-18-28-16(12-31-18)13-6-2-1-3-7-13/h1-10,12H,11H2,(H,26,30). The van der Waals surface area contributed by atoms with Crippen molar-refractivity contribution >= 4 is 17.2 Å². The third kappa shape index (κ3) is 4.33. The fraction of sp³-hybridized carbons (Fsp3) is 0.0952. The number of nitrogens with one attached hydrogen (secondary N) is 1. The zero-order valence-electron chi connectivity index (χ0n) is 15.7. The summed E-state index contributed by atoms with van der Waals surface area (Å²) < 4.78 is 55.5. The monoisotopic (exact) mass is 446 g/mol. The molecule has 2 aromatic carbocycles. The second kappa shape index (κ2) is 8.31. The van der Waals surface area contributed by atoms with Crippen LogP contribution in [0.5, 0.6) is 0 Å². The van der Waals surface area contributed by atoms with E-state index in [1.807, 2.05) is 30.3 Å². The Morgan fingerprint density at radius 3 is 2.48 bits per heavy atom. The van der Waals surface area contributed by atoms with Crippen molar-refractivity contribution in [2.45, 2.75) is 12.7 Å². The highest BCUT2D eigenvalue weighted by Crippen LogP contribution is 2.34. The van der Waals surface area contributed by atoms with Crippen molar-refractivity contribution in [3.05, 3.63) is 88.3 Å². The van der Waals surface area contributed by atoms with Crippen molar-refractivity contribution in [1.29, 1.82) is 0 Å². The van der Waals surface area contributed by atoms with Gasteiger partial charge in [-0.1, -0.05) is 42.5 Å². The highest BCUT2D eigenvalue weighted by Gasteiger charge is 2.41. The molecule has 4 aromatic rings. The molecule has 1 amide bonds. The summed E-state index contributed by atoms with van der Waals surface area (Å²) in [4.78, 5) is 16.9. The van der Waals surface area contributed by atoms with Crippen LogP contribution in [0.2, 0.25) is 0 Å². The smallest absolute Gasteiger partial charge is 0.345 e. The number of aromatic nitrogens is 3. The van der Waals surface area contributed by atoms with Crippen LogP contribution >= 0.6 is 11.3 Å². The lowest BCUT2D eigenvalue weighted by molar-refractivity contribution is -0.143. The molecule has 10 heteroatoms. The lowest BCUT2D eigenvalue weighted by Crippen LogP contribution is -2.26. The molecule has 0 saturated heterocycles. The predicted molar refractivity (Wildman–Crippen MR) is 107 cm³/mol. The van der Waals surface area contributed by atoms with Gasteiger partial charge in [-0.15, -0.1) is 11.3 Å². The van der Waals surface area contributed by atoms with Crippen LogP contribution in [-0.2, 0) is 12.7 Å². The zero-order valence-corrected chi connectivity index (χ0v) is 16.5. The number of alkyl halides is 3. The van der Waals surface area contributed by atoms with Gasteiger partial charge in [-0.3, -0.25) is 4.79 Å². The Labute approximate surface area is 178 Å². The summed E-state index contributed by atoms with van der Waals surface area (Å²) in [6.45, 7) is -0.0570. The molecule has 31 heavy (non-hydrogen) atoms. The van der Waals surface area contributed by atoms with E-state index >= 15 is 0 Å². The Bertz CT molecular complexity index is 1220. The van der Waals surface area contributed by atoms with Crippen LogP contribution in [0.15, 0.2) is 66.2 Å². The molecule has 4 rings (SSSR count). The summed E-state index contributed by atoms with van der Waals surface area (Å²) in [6, 6.07) is 14.3. The molecule has 0 aliphatic heterocycles. The Hall–Kier alpha value is -3.53. The Morgan fingerprint density at radius 2 is 1.77 bits per heavy atom. The molecule has 0 radical (unpaired) electrons. The van der Waals surface area contributed by atoms with Crippen LogP contribution in [-0.4, -0.2) is 20.7 Å². The summed E-state index contributed by atoms with van der Waals surface area (Å²) in [7, 11) is 0. The lowest BCUT2D eigenvalue weighted by atomic mass is 10.2. The minimum atomic E-state index is -4.92. The Balaban J connectivity index is 1.57. The van der Waals surface area contributed by atoms with Gasteiger partial charge in [-0.25, -0.2) is 14.1 Å². The first-order valence-electron chi connectivity index (χ1n) is 9.02. The van der Waals surface area contributed by atoms with Gasteiger partial charge in [0.15, 0.2) is 5.69 Å². The van der Waals surface area contributed by atoms with Gasteiger partial charge in [0.2, 0.25) is 0 Å². The minimum absolute atomic E-state index is 0.0570. The largest absolute Gasteiger partial charge is 0.434 e. The molecule has 0 unspecified atom stereocenters. The molecule has 0 atom stereocenters. The van der Waals surface area contributed by atoms with Gasteiger partial charge >= 0.3 is 6.18 Å². The van der Waals surface area contributed by atoms with Gasteiger partial charge in [0.25, 0.3) is 5.91 Å². The van der Waals surface area contributed by atoms with E-state index in [0.29, 0.717) is 15.4 Å². The van der Waals surface area contributed by atoms with E-state index in [4.69, 9.17) is 0 Å². The van der Waals surface area contributed by atoms with E-state index in [1.165, 1.54) is 23.5 Å². The van der Waals surface area contributed by atoms with Crippen molar-refractivity contribution < 1.29 is 22.4 Å². The van der Waals surface area contributed by atoms with Crippen LogP contribution in [0.3, 0.4) is 0 Å². The number of hydrogen-bond acceptors (Lipinski definition) is 4. The number of benzene rings is 2. The first-order chi connectivity index (χ1) is 14.8. The third-order valence-electron chi connectivity index (χ3n) is 4.38. The number of hydrogen-bond donors (Lipinski definition) is 1. The molecular formula is C21H14F4N4OS. The van der Waals surface area contributed by atoms with Crippen LogP contribution in [0.1, 0.15) is 21.1 Å². The van der Waals surface area contributed by atoms with Crippen LogP contribution < -0.4 is 5.32 Å². The second-order valence-corrected chi connectivity index (χ2v) is 7.39. The number of para-hydroxylation sites is 1. The first kappa shape index (κ1) is 20.7. The SMILES string of the molecule is O=C(NCc1nc(-c2ccccc2)cs1)c1cnn(-c2ccccc2F)c1C(F)(F)F. The summed E-state index contributed by atoms with van der Waals surface area (Å²) in [5, 5.41) is 8.38. The summed E-state index contributed by atoms with van der Waals surface area (Å²) >= 11 is 1.28. The fourth-order valence-corrected chi connectivity index (χ4v) is 3.72. The molecule has 0 spiro atoms. The quantitative estimate of drug-likeness (QED) is 0.435. The van der Waals surface area contributed by atoms with E-state index in [-0.39, 0.29) is 6.54 Å². The molecule has 0 aliphatic rings. The highest BCUT2D eigenvalue weighted by molar-refractivity contribution is 7.09. The number of nitrogens with zero attached hydrogens (tertiary/aromatic N) is 3. The van der Waals surface area contributed by atoms with Crippen LogP contribution in [0.25, 0.3) is 16.9 Å². The molecule has 0 aliphatic carbocycles. The summed E-state index contributed by atoms with van der Waals surface area (Å²) in [5.41, 5.74) is -0.851. The van der Waals surface area contributed by atoms with Gasteiger partial charge < -0.3 is 5.32 Å². The van der Waals surface area contributed by atoms with Crippen LogP contribution in [0.4, 0.5) is 17.6 Å². The van der Waals surface area contributed by atoms with Crippen LogP contribution in [0, 0.1) is 5.82 Å². The van der Waals surface area contributed by atoms with Crippen molar-refractivity contribution in [2.24, 2.45) is 0 Å². The molecule has 0 fully saturated rings. The minimum Gasteiger partial charge on any atom is -0.345 e. The molecule has 5 nitrogen and oxygen atoms in total. The molecular weight excluding hydrogens is 432 g/mol. The maximum atomic E-state index is 14.0. The van der Waals surface area contributed by atoms with E-state index < -0.39 is 34.8 Å². The number of rotatable bonds is 5. The van der Waals surface area contributed by atoms with E-state index in [0.717, 1.165) is 23.9 Å².